The minimum atomic E-state index is 0.345. The van der Waals surface area contributed by atoms with Gasteiger partial charge in [-0.15, -0.1) is 11.3 Å². The Labute approximate surface area is 121 Å². The minimum absolute atomic E-state index is 0.345. The van der Waals surface area contributed by atoms with E-state index in [4.69, 9.17) is 10.5 Å². The maximum atomic E-state index is 5.86. The molecule has 0 spiro atoms. The van der Waals surface area contributed by atoms with Crippen molar-refractivity contribution < 1.29 is 4.74 Å². The molecule has 2 N–H and O–H groups in total. The van der Waals surface area contributed by atoms with E-state index in [1.54, 1.807) is 11.3 Å². The maximum absolute atomic E-state index is 5.86. The summed E-state index contributed by atoms with van der Waals surface area (Å²) in [5, 5.41) is 0. The molecule has 0 radical (unpaired) electrons. The Bertz CT molecular complexity index is 402. The highest BCUT2D eigenvalue weighted by molar-refractivity contribution is 7.12. The summed E-state index contributed by atoms with van der Waals surface area (Å²) in [6, 6.07) is 4.13. The van der Waals surface area contributed by atoms with Crippen LogP contribution >= 0.6 is 11.3 Å². The van der Waals surface area contributed by atoms with Crippen LogP contribution in [0.1, 0.15) is 55.7 Å². The van der Waals surface area contributed by atoms with Crippen LogP contribution in [0.25, 0.3) is 0 Å². The summed E-state index contributed by atoms with van der Waals surface area (Å²) in [7, 11) is 0. The fraction of sp³-hybridized carbons (Fsp3) is 0.625. The molecular formula is C16H25NOS. The Morgan fingerprint density at radius 1 is 1.32 bits per heavy atom. The van der Waals surface area contributed by atoms with Crippen molar-refractivity contribution in [1.29, 1.82) is 0 Å². The summed E-state index contributed by atoms with van der Waals surface area (Å²) in [5.41, 5.74) is 5.36. The van der Waals surface area contributed by atoms with Crippen molar-refractivity contribution in [2.45, 2.75) is 58.7 Å². The zero-order valence-corrected chi connectivity index (χ0v) is 12.9. The lowest BCUT2D eigenvalue weighted by molar-refractivity contribution is 0.0475. The molecule has 1 heterocycles. The molecule has 0 amide bonds. The third-order valence-corrected chi connectivity index (χ3v) is 3.92. The topological polar surface area (TPSA) is 35.2 Å². The molecule has 19 heavy (non-hydrogen) atoms. The van der Waals surface area contributed by atoms with Gasteiger partial charge in [0.15, 0.2) is 0 Å². The van der Waals surface area contributed by atoms with Gasteiger partial charge in [-0.25, -0.2) is 0 Å². The fourth-order valence-corrected chi connectivity index (χ4v) is 2.63. The minimum Gasteiger partial charge on any atom is -0.373 e. The fourth-order valence-electron chi connectivity index (χ4n) is 1.83. The molecule has 0 aromatic carbocycles. The van der Waals surface area contributed by atoms with Gasteiger partial charge < -0.3 is 10.5 Å². The van der Waals surface area contributed by atoms with Crippen molar-refractivity contribution in [1.82, 2.24) is 0 Å². The molecular weight excluding hydrogens is 254 g/mol. The van der Waals surface area contributed by atoms with Crippen molar-refractivity contribution in [2.24, 2.45) is 5.73 Å². The van der Waals surface area contributed by atoms with E-state index in [1.165, 1.54) is 30.6 Å². The van der Waals surface area contributed by atoms with E-state index in [-0.39, 0.29) is 0 Å². The van der Waals surface area contributed by atoms with Gasteiger partial charge in [0.05, 0.1) is 24.1 Å². The molecule has 0 saturated carbocycles. The van der Waals surface area contributed by atoms with E-state index in [1.807, 2.05) is 6.07 Å². The van der Waals surface area contributed by atoms with Crippen LogP contribution in [0.3, 0.4) is 0 Å². The van der Waals surface area contributed by atoms with Gasteiger partial charge in [-0.2, -0.15) is 0 Å². The Morgan fingerprint density at radius 3 is 2.89 bits per heavy atom. The van der Waals surface area contributed by atoms with Gasteiger partial charge in [-0.05, 0) is 25.5 Å². The van der Waals surface area contributed by atoms with Crippen LogP contribution < -0.4 is 5.73 Å². The first-order valence-corrected chi connectivity index (χ1v) is 7.97. The number of unbranched alkanes of at least 4 members (excludes halogenated alkanes) is 3. The third-order valence-electron chi connectivity index (χ3n) is 2.95. The van der Waals surface area contributed by atoms with Crippen molar-refractivity contribution >= 4 is 11.3 Å². The van der Waals surface area contributed by atoms with E-state index in [0.29, 0.717) is 19.3 Å². The quantitative estimate of drug-likeness (QED) is 0.578. The molecule has 0 fully saturated rings. The molecule has 0 aliphatic heterocycles. The van der Waals surface area contributed by atoms with Crippen LogP contribution in [0.4, 0.5) is 0 Å². The Kier molecular flexibility index (Phi) is 8.57. The second kappa shape index (κ2) is 10.0. The summed E-state index contributed by atoms with van der Waals surface area (Å²) in [6.07, 6.45) is 6.72. The van der Waals surface area contributed by atoms with Gasteiger partial charge in [0.2, 0.25) is 0 Å². The molecule has 0 aliphatic rings. The van der Waals surface area contributed by atoms with E-state index < -0.39 is 0 Å². The Morgan fingerprint density at radius 2 is 2.16 bits per heavy atom. The number of hydrogen-bond donors (Lipinski definition) is 1. The number of ether oxygens (including phenoxy) is 1. The first-order chi connectivity index (χ1) is 9.26. The van der Waals surface area contributed by atoms with Crippen LogP contribution in [0, 0.1) is 11.8 Å². The maximum Gasteiger partial charge on any atom is 0.0813 e. The van der Waals surface area contributed by atoms with Crippen LogP contribution in [-0.4, -0.2) is 12.6 Å². The molecule has 0 saturated heterocycles. The monoisotopic (exact) mass is 279 g/mol. The number of thiophene rings is 1. The van der Waals surface area contributed by atoms with E-state index in [0.717, 1.165) is 11.3 Å². The molecule has 1 unspecified atom stereocenters. The summed E-state index contributed by atoms with van der Waals surface area (Å²) in [6.45, 7) is 5.51. The highest BCUT2D eigenvalue weighted by atomic mass is 32.1. The summed E-state index contributed by atoms with van der Waals surface area (Å²) in [4.78, 5) is 2.31. The molecule has 1 aromatic heterocycles. The van der Waals surface area contributed by atoms with Gasteiger partial charge in [-0.1, -0.05) is 44.4 Å². The summed E-state index contributed by atoms with van der Waals surface area (Å²) in [5.74, 6) is 5.92. The zero-order valence-electron chi connectivity index (χ0n) is 12.1. The molecule has 106 valence electrons. The highest BCUT2D eigenvalue weighted by Gasteiger charge is 2.04. The number of hydrogen-bond acceptors (Lipinski definition) is 3. The van der Waals surface area contributed by atoms with Gasteiger partial charge in [0, 0.05) is 4.88 Å². The van der Waals surface area contributed by atoms with Crippen LogP contribution in [0.2, 0.25) is 0 Å². The molecule has 0 aliphatic carbocycles. The third kappa shape index (κ3) is 7.37. The van der Waals surface area contributed by atoms with Gasteiger partial charge in [0.1, 0.15) is 0 Å². The molecule has 3 heteroatoms. The van der Waals surface area contributed by atoms with Gasteiger partial charge in [0.25, 0.3) is 0 Å². The lowest BCUT2D eigenvalue weighted by Gasteiger charge is -2.11. The van der Waals surface area contributed by atoms with Crippen molar-refractivity contribution in [2.75, 3.05) is 6.54 Å². The second-order valence-corrected chi connectivity index (χ2v) is 5.91. The van der Waals surface area contributed by atoms with Gasteiger partial charge in [-0.3, -0.25) is 0 Å². The first-order valence-electron chi connectivity index (χ1n) is 7.15. The molecule has 2 nitrogen and oxygen atoms in total. The standard InChI is InChI=1S/C16H25NOS/c1-3-4-5-6-8-14(2)18-13-16-11-10-15(19-16)9-7-12-17/h10-11,14H,3-6,8,12-13,17H2,1-2H3. The summed E-state index contributed by atoms with van der Waals surface area (Å²) < 4.78 is 5.86. The summed E-state index contributed by atoms with van der Waals surface area (Å²) >= 11 is 1.69. The number of nitrogens with two attached hydrogens (primary N) is 1. The smallest absolute Gasteiger partial charge is 0.0813 e. The average Bonchev–Trinajstić information content (AvgIpc) is 2.87. The average molecular weight is 279 g/mol. The van der Waals surface area contributed by atoms with Crippen molar-refractivity contribution in [3.8, 4) is 11.8 Å². The van der Waals surface area contributed by atoms with E-state index >= 15 is 0 Å². The lowest BCUT2D eigenvalue weighted by Crippen LogP contribution is -2.07. The zero-order chi connectivity index (χ0) is 13.9. The van der Waals surface area contributed by atoms with Crippen LogP contribution in [-0.2, 0) is 11.3 Å². The SMILES string of the molecule is CCCCCCC(C)OCc1ccc(C#CCN)s1. The largest absolute Gasteiger partial charge is 0.373 e. The molecule has 1 atom stereocenters. The lowest BCUT2D eigenvalue weighted by atomic mass is 10.1. The normalized spacial score (nSPS) is 11.9. The second-order valence-electron chi connectivity index (χ2n) is 4.74. The Hall–Kier alpha value is -0.820. The predicted molar refractivity (Wildman–Crippen MR) is 83.3 cm³/mol. The van der Waals surface area contributed by atoms with E-state index in [9.17, 15) is 0 Å². The van der Waals surface area contributed by atoms with Crippen LogP contribution in [0.15, 0.2) is 12.1 Å². The van der Waals surface area contributed by atoms with Crippen molar-refractivity contribution in [3.05, 3.63) is 21.9 Å². The van der Waals surface area contributed by atoms with Crippen LogP contribution in [0.5, 0.6) is 0 Å². The highest BCUT2D eigenvalue weighted by Crippen LogP contribution is 2.18. The van der Waals surface area contributed by atoms with Crippen molar-refractivity contribution in [3.63, 3.8) is 0 Å². The molecule has 0 bridgehead atoms. The Balaban J connectivity index is 2.22. The molecule has 1 aromatic rings. The molecule has 1 rings (SSSR count). The predicted octanol–water partition coefficient (Wildman–Crippen LogP) is 3.93. The van der Waals surface area contributed by atoms with Gasteiger partial charge >= 0.3 is 0 Å². The number of rotatable bonds is 8. The van der Waals surface area contributed by atoms with E-state index in [2.05, 4.69) is 31.8 Å². The first kappa shape index (κ1) is 16.2.